The molecule has 0 aliphatic heterocycles. The Balaban J connectivity index is 2.78. The molecule has 1 rings (SSSR count). The molecule has 27 heavy (non-hydrogen) atoms. The fourth-order valence-electron chi connectivity index (χ4n) is 2.15. The van der Waals surface area contributed by atoms with Gasteiger partial charge in [0.1, 0.15) is 6.10 Å². The second-order valence-electron chi connectivity index (χ2n) is 8.32. The van der Waals surface area contributed by atoms with Gasteiger partial charge in [-0.15, -0.1) is 6.58 Å². The molecule has 0 aromatic heterocycles. The summed E-state index contributed by atoms with van der Waals surface area (Å²) in [6.45, 7) is 17.1. The fraction of sp³-hybridized carbons (Fsp3) is 0.550. The lowest BCUT2D eigenvalue weighted by molar-refractivity contribution is -0.384. The van der Waals surface area contributed by atoms with Crippen LogP contribution in [0.2, 0.25) is 18.1 Å². The number of hydrogen-bond donors (Lipinski definition) is 0. The van der Waals surface area contributed by atoms with Gasteiger partial charge in [-0.2, -0.15) is 0 Å². The molecule has 0 aliphatic rings. The zero-order chi connectivity index (χ0) is 20.8. The first-order chi connectivity index (χ1) is 12.4. The summed E-state index contributed by atoms with van der Waals surface area (Å²) < 4.78 is 11.9. The molecule has 0 N–H and O–H groups in total. The van der Waals surface area contributed by atoms with Gasteiger partial charge in [0.25, 0.3) is 5.69 Å². The largest absolute Gasteiger partial charge is 0.458 e. The molecule has 150 valence electrons. The van der Waals surface area contributed by atoms with Gasteiger partial charge in [0, 0.05) is 31.1 Å². The highest BCUT2D eigenvalue weighted by molar-refractivity contribution is 6.74. The number of non-ortho nitro benzene ring substituents is 1. The lowest BCUT2D eigenvalue weighted by atomic mass is 10.0. The summed E-state index contributed by atoms with van der Waals surface area (Å²) >= 11 is 0. The first-order valence-electron chi connectivity index (χ1n) is 9.09. The molecule has 1 aromatic carbocycles. The standard InChI is InChI=1S/C20H31NO5Si/c1-8-9-18(15(2)14-25-27(6,7)20(3,4)5)26-19(22)16-10-12-17(13-11-16)21(23)24/h8,10-13,15,18H,1,9,14H2,2-7H3/t15-,18-/m1/s1. The molecule has 6 nitrogen and oxygen atoms in total. The number of carbonyl (C=O) groups is 1. The van der Waals surface area contributed by atoms with E-state index < -0.39 is 19.2 Å². The van der Waals surface area contributed by atoms with Crippen molar-refractivity contribution in [3.63, 3.8) is 0 Å². The van der Waals surface area contributed by atoms with Gasteiger partial charge in [-0.25, -0.2) is 4.79 Å². The van der Waals surface area contributed by atoms with E-state index in [0.717, 1.165) is 0 Å². The third-order valence-electron chi connectivity index (χ3n) is 5.12. The van der Waals surface area contributed by atoms with Crippen molar-refractivity contribution in [2.45, 2.75) is 58.4 Å². The van der Waals surface area contributed by atoms with Crippen molar-refractivity contribution in [1.82, 2.24) is 0 Å². The number of nitro benzene ring substituents is 1. The minimum atomic E-state index is -1.89. The quantitative estimate of drug-likeness (QED) is 0.186. The molecule has 0 bridgehead atoms. The molecule has 0 aliphatic carbocycles. The normalized spacial score (nSPS) is 14.3. The van der Waals surface area contributed by atoms with Crippen molar-refractivity contribution in [1.29, 1.82) is 0 Å². The third-order valence-corrected chi connectivity index (χ3v) is 9.62. The average molecular weight is 394 g/mol. The van der Waals surface area contributed by atoms with Crippen molar-refractivity contribution >= 4 is 20.0 Å². The Morgan fingerprint density at radius 2 is 1.85 bits per heavy atom. The highest BCUT2D eigenvalue weighted by Crippen LogP contribution is 2.37. The summed E-state index contributed by atoms with van der Waals surface area (Å²) in [4.78, 5) is 22.6. The minimum absolute atomic E-state index is 0.000812. The van der Waals surface area contributed by atoms with Gasteiger partial charge in [-0.05, 0) is 30.3 Å². The van der Waals surface area contributed by atoms with Gasteiger partial charge >= 0.3 is 5.97 Å². The molecule has 0 fully saturated rings. The van der Waals surface area contributed by atoms with E-state index in [2.05, 4.69) is 40.4 Å². The second kappa shape index (κ2) is 9.28. The van der Waals surface area contributed by atoms with Gasteiger partial charge < -0.3 is 9.16 Å². The maximum absolute atomic E-state index is 12.4. The maximum atomic E-state index is 12.4. The molecule has 0 spiro atoms. The topological polar surface area (TPSA) is 78.7 Å². The SMILES string of the molecule is C=CC[C@@H](OC(=O)c1ccc([N+](=O)[O-])cc1)[C@H](C)CO[Si](C)(C)C(C)(C)C. The molecule has 7 heteroatoms. The van der Waals surface area contributed by atoms with E-state index in [1.165, 1.54) is 24.3 Å². The van der Waals surface area contributed by atoms with Crippen LogP contribution in [-0.4, -0.2) is 31.9 Å². The number of esters is 1. The fourth-order valence-corrected chi connectivity index (χ4v) is 3.26. The Morgan fingerprint density at radius 3 is 2.30 bits per heavy atom. The van der Waals surface area contributed by atoms with E-state index in [4.69, 9.17) is 9.16 Å². The number of ether oxygens (including phenoxy) is 1. The summed E-state index contributed by atoms with van der Waals surface area (Å²) in [7, 11) is -1.89. The molecule has 2 atom stereocenters. The number of benzene rings is 1. The summed E-state index contributed by atoms with van der Waals surface area (Å²) in [6.07, 6.45) is 1.87. The Kier molecular flexibility index (Phi) is 7.92. The smallest absolute Gasteiger partial charge is 0.338 e. The van der Waals surface area contributed by atoms with E-state index in [-0.39, 0.29) is 28.3 Å². The van der Waals surface area contributed by atoms with Gasteiger partial charge in [0.15, 0.2) is 8.32 Å². The first kappa shape index (κ1) is 23.0. The van der Waals surface area contributed by atoms with Crippen LogP contribution in [0.4, 0.5) is 5.69 Å². The van der Waals surface area contributed by atoms with E-state index in [0.29, 0.717) is 13.0 Å². The average Bonchev–Trinajstić information content (AvgIpc) is 2.58. The monoisotopic (exact) mass is 393 g/mol. The van der Waals surface area contributed by atoms with Crippen molar-refractivity contribution in [2.24, 2.45) is 5.92 Å². The van der Waals surface area contributed by atoms with Crippen LogP contribution in [0, 0.1) is 16.0 Å². The highest BCUT2D eigenvalue weighted by atomic mass is 28.4. The highest BCUT2D eigenvalue weighted by Gasteiger charge is 2.38. The van der Waals surface area contributed by atoms with Gasteiger partial charge in [-0.3, -0.25) is 10.1 Å². The Hall–Kier alpha value is -1.99. The minimum Gasteiger partial charge on any atom is -0.458 e. The van der Waals surface area contributed by atoms with Gasteiger partial charge in [0.2, 0.25) is 0 Å². The third kappa shape index (κ3) is 6.59. The van der Waals surface area contributed by atoms with Crippen LogP contribution in [0.5, 0.6) is 0 Å². The summed E-state index contributed by atoms with van der Waals surface area (Å²) in [5, 5.41) is 10.8. The molecular formula is C20H31NO5Si. The summed E-state index contributed by atoms with van der Waals surface area (Å²) in [5.74, 6) is -0.505. The molecule has 0 radical (unpaired) electrons. The lowest BCUT2D eigenvalue weighted by Gasteiger charge is -2.37. The van der Waals surface area contributed by atoms with E-state index in [9.17, 15) is 14.9 Å². The Morgan fingerprint density at radius 1 is 1.30 bits per heavy atom. The maximum Gasteiger partial charge on any atom is 0.338 e. The summed E-state index contributed by atoms with van der Waals surface area (Å²) in [6, 6.07) is 5.40. The Labute approximate surface area is 162 Å². The summed E-state index contributed by atoms with van der Waals surface area (Å²) in [5.41, 5.74) is 0.220. The van der Waals surface area contributed by atoms with Gasteiger partial charge in [0.05, 0.1) is 10.5 Å². The first-order valence-corrected chi connectivity index (χ1v) is 12.0. The van der Waals surface area contributed by atoms with Crippen molar-refractivity contribution in [3.05, 3.63) is 52.6 Å². The zero-order valence-corrected chi connectivity index (χ0v) is 18.2. The van der Waals surface area contributed by atoms with Crippen LogP contribution in [-0.2, 0) is 9.16 Å². The van der Waals surface area contributed by atoms with E-state index in [1.807, 2.05) is 6.92 Å². The number of nitrogens with zero attached hydrogens (tertiary/aromatic N) is 1. The number of carbonyl (C=O) groups excluding carboxylic acids is 1. The molecule has 0 amide bonds. The lowest BCUT2D eigenvalue weighted by Crippen LogP contribution is -2.43. The van der Waals surface area contributed by atoms with Crippen LogP contribution < -0.4 is 0 Å². The molecular weight excluding hydrogens is 362 g/mol. The van der Waals surface area contributed by atoms with Crippen LogP contribution in [0.1, 0.15) is 44.5 Å². The molecule has 1 aromatic rings. The number of hydrogen-bond acceptors (Lipinski definition) is 5. The molecule has 0 saturated carbocycles. The van der Waals surface area contributed by atoms with Crippen molar-refractivity contribution in [3.8, 4) is 0 Å². The van der Waals surface area contributed by atoms with Crippen LogP contribution in [0.25, 0.3) is 0 Å². The number of rotatable bonds is 9. The van der Waals surface area contributed by atoms with Gasteiger partial charge in [-0.1, -0.05) is 33.8 Å². The second-order valence-corrected chi connectivity index (χ2v) is 13.1. The predicted molar refractivity (Wildman–Crippen MR) is 109 cm³/mol. The number of nitro groups is 1. The Bertz CT molecular complexity index is 664. The van der Waals surface area contributed by atoms with Crippen molar-refractivity contribution in [2.75, 3.05) is 6.61 Å². The molecule has 0 unspecified atom stereocenters. The molecule has 0 heterocycles. The van der Waals surface area contributed by atoms with Crippen molar-refractivity contribution < 1.29 is 18.9 Å². The predicted octanol–water partition coefficient (Wildman–Crippen LogP) is 5.35. The van der Waals surface area contributed by atoms with Crippen LogP contribution >= 0.6 is 0 Å². The van der Waals surface area contributed by atoms with E-state index in [1.54, 1.807) is 6.08 Å². The van der Waals surface area contributed by atoms with Crippen LogP contribution in [0.15, 0.2) is 36.9 Å². The van der Waals surface area contributed by atoms with E-state index >= 15 is 0 Å². The zero-order valence-electron chi connectivity index (χ0n) is 17.2. The van der Waals surface area contributed by atoms with Crippen LogP contribution in [0.3, 0.4) is 0 Å². The molecule has 0 saturated heterocycles.